The Morgan fingerprint density at radius 1 is 0.640 bits per heavy atom. The topological polar surface area (TPSA) is 393 Å². The van der Waals surface area contributed by atoms with Crippen LogP contribution in [0.5, 0.6) is 0 Å². The minimum absolute atomic E-state index is 0.0274. The number of carbonyl (C=O) groups excluding carboxylic acids is 1. The smallest absolute Gasteiger partial charge is 0.314 e. The number of ether oxygens (including phenoxy) is 10. The molecule has 430 valence electrons. The Morgan fingerprint density at radius 2 is 1.23 bits per heavy atom. The summed E-state index contributed by atoms with van der Waals surface area (Å²) in [6, 6.07) is 0. The summed E-state index contributed by atoms with van der Waals surface area (Å²) in [6.07, 6.45) is -28.5. The van der Waals surface area contributed by atoms with E-state index in [0.29, 0.717) is 51.4 Å². The second-order valence-corrected chi connectivity index (χ2v) is 23.5. The molecule has 9 fully saturated rings. The minimum Gasteiger partial charge on any atom is -0.432 e. The third-order valence-corrected chi connectivity index (χ3v) is 18.9. The van der Waals surface area contributed by atoms with Crippen LogP contribution < -0.4 is 0 Å². The molecule has 0 aromatic heterocycles. The zero-order chi connectivity index (χ0) is 54.3. The first-order valence-corrected chi connectivity index (χ1v) is 26.5. The van der Waals surface area contributed by atoms with Crippen molar-refractivity contribution in [3.05, 3.63) is 12.2 Å². The van der Waals surface area contributed by atoms with Crippen molar-refractivity contribution in [1.29, 1.82) is 0 Å². The van der Waals surface area contributed by atoms with Crippen LogP contribution in [-0.4, -0.2) is 251 Å². The Kier molecular flexibility index (Phi) is 17.3. The summed E-state index contributed by atoms with van der Waals surface area (Å²) in [7, 11) is 0. The molecule has 1 spiro atoms. The second-order valence-electron chi connectivity index (χ2n) is 23.5. The summed E-state index contributed by atoms with van der Waals surface area (Å²) in [5, 5.41) is 149. The highest BCUT2D eigenvalue weighted by Gasteiger charge is 2.70. The molecule has 0 unspecified atom stereocenters. The number of hydrogen-bond donors (Lipinski definition) is 14. The molecule has 0 aromatic carbocycles. The maximum absolute atomic E-state index is 14.9. The molecule has 75 heavy (non-hydrogen) atoms. The fourth-order valence-corrected chi connectivity index (χ4v) is 14.9. The Morgan fingerprint density at radius 3 is 1.89 bits per heavy atom. The average Bonchev–Trinajstić information content (AvgIpc) is 3.58. The zero-order valence-corrected chi connectivity index (χ0v) is 42.5. The summed E-state index contributed by atoms with van der Waals surface area (Å²) < 4.78 is 60.6. The predicted molar refractivity (Wildman–Crippen MR) is 247 cm³/mol. The molecule has 5 aliphatic heterocycles. The van der Waals surface area contributed by atoms with Crippen molar-refractivity contribution in [1.82, 2.24) is 0 Å². The third-order valence-electron chi connectivity index (χ3n) is 18.9. The number of aliphatic hydroxyl groups is 14. The number of esters is 1. The molecule has 0 radical (unpaired) electrons. The van der Waals surface area contributed by atoms with Crippen LogP contribution in [0.2, 0.25) is 0 Å². The summed E-state index contributed by atoms with van der Waals surface area (Å²) in [4.78, 5) is 14.9. The maximum atomic E-state index is 14.9. The second kappa shape index (κ2) is 22.3. The zero-order valence-electron chi connectivity index (χ0n) is 42.5. The highest BCUT2D eigenvalue weighted by molar-refractivity contribution is 5.77. The lowest BCUT2D eigenvalue weighted by molar-refractivity contribution is -0.368. The quantitative estimate of drug-likeness (QED) is 0.0444. The van der Waals surface area contributed by atoms with E-state index >= 15 is 0 Å². The lowest BCUT2D eigenvalue weighted by atomic mass is 9.41. The molecule has 2 bridgehead atoms. The number of rotatable bonds is 14. The predicted octanol–water partition coefficient (Wildman–Crippen LogP) is -4.35. The fourth-order valence-electron chi connectivity index (χ4n) is 14.9. The monoisotopic (exact) mass is 1080 g/mol. The largest absolute Gasteiger partial charge is 0.432 e. The van der Waals surface area contributed by atoms with Crippen LogP contribution in [-0.2, 0) is 52.2 Å². The minimum atomic E-state index is -1.86. The van der Waals surface area contributed by atoms with Crippen LogP contribution in [0.25, 0.3) is 0 Å². The molecule has 14 N–H and O–H groups in total. The molecule has 29 atom stereocenters. The molecule has 9 aliphatic rings. The van der Waals surface area contributed by atoms with Gasteiger partial charge in [-0.1, -0.05) is 19.9 Å². The maximum Gasteiger partial charge on any atom is 0.314 e. The summed E-state index contributed by atoms with van der Waals surface area (Å²) >= 11 is 0. The van der Waals surface area contributed by atoms with Gasteiger partial charge < -0.3 is 119 Å². The molecular weight excluding hydrogens is 1000 g/mol. The van der Waals surface area contributed by atoms with Crippen molar-refractivity contribution in [2.45, 2.75) is 226 Å². The number of carbonyl (C=O) groups is 1. The van der Waals surface area contributed by atoms with Gasteiger partial charge in [-0.3, -0.25) is 4.79 Å². The van der Waals surface area contributed by atoms with Crippen molar-refractivity contribution in [3.63, 3.8) is 0 Å². The number of hydrogen-bond acceptors (Lipinski definition) is 25. The van der Waals surface area contributed by atoms with E-state index in [-0.39, 0.29) is 36.9 Å². The third kappa shape index (κ3) is 10.3. The standard InChI is InChI=1S/C50H80O25/c1-20-13-49-10-6-28-47(3,8-5-9-48(28,4)46(65)74-45-40(36(62)32(58)26(15-52)71-45)73-43-37(63)34(60)30(56)21(2)68-43)29(49)7-11-50(20,19-49)75-41-23(18-67-42-24(55)12-22(54)17-66-42)39(33(59)27(16-53)69-41)72-44-38(64)35(61)31(57)25(14-51)70-44/h21-45,51-64H,1,5-19H2,2-4H3/t21-,22-,23+,24+,25+,26+,27+,28-,29-,30-,31+,32+,33+,34+,35-,36-,37+,38+,39+,40+,41-,42-,43-,44-,45-,47+,48+,49+,50-/m0/s1. The molecular formula is C50H80O25. The summed E-state index contributed by atoms with van der Waals surface area (Å²) in [5.41, 5.74) is -2.23. The molecule has 4 aliphatic carbocycles. The van der Waals surface area contributed by atoms with Crippen molar-refractivity contribution in [2.75, 3.05) is 33.0 Å². The van der Waals surface area contributed by atoms with E-state index in [4.69, 9.17) is 47.4 Å². The van der Waals surface area contributed by atoms with Crippen LogP contribution >= 0.6 is 0 Å². The molecule has 4 saturated carbocycles. The van der Waals surface area contributed by atoms with Gasteiger partial charge in [0.25, 0.3) is 0 Å². The lowest BCUT2D eigenvalue weighted by Gasteiger charge is -2.64. The van der Waals surface area contributed by atoms with Gasteiger partial charge in [-0.25, -0.2) is 0 Å². The van der Waals surface area contributed by atoms with Gasteiger partial charge in [-0.2, -0.15) is 0 Å². The summed E-state index contributed by atoms with van der Waals surface area (Å²) in [6.45, 7) is 7.30. The van der Waals surface area contributed by atoms with Gasteiger partial charge in [0, 0.05) is 6.42 Å². The van der Waals surface area contributed by atoms with Crippen LogP contribution in [0.3, 0.4) is 0 Å². The number of aliphatic hydroxyl groups excluding tert-OH is 14. The van der Waals surface area contributed by atoms with Gasteiger partial charge >= 0.3 is 5.97 Å². The molecule has 5 saturated heterocycles. The normalized spacial score (nSPS) is 54.2. The van der Waals surface area contributed by atoms with Crippen LogP contribution in [0, 0.1) is 34.0 Å². The molecule has 5 heterocycles. The van der Waals surface area contributed by atoms with E-state index in [0.717, 1.165) is 12.0 Å². The van der Waals surface area contributed by atoms with Gasteiger partial charge in [0.05, 0.1) is 68.3 Å². The number of fused-ring (bicyclic) bond motifs is 3. The molecule has 0 aromatic rings. The lowest BCUT2D eigenvalue weighted by Crippen LogP contribution is -2.65. The molecule has 9 rings (SSSR count). The Bertz CT molecular complexity index is 1990. The molecule has 0 amide bonds. The first kappa shape index (κ1) is 58.0. The Balaban J connectivity index is 0.949. The van der Waals surface area contributed by atoms with Crippen LogP contribution in [0.15, 0.2) is 12.2 Å². The van der Waals surface area contributed by atoms with E-state index < -0.39 is 183 Å². The van der Waals surface area contributed by atoms with Gasteiger partial charge in [-0.05, 0) is 93.5 Å². The highest BCUT2D eigenvalue weighted by Crippen LogP contribution is 2.74. The van der Waals surface area contributed by atoms with E-state index in [1.54, 1.807) is 0 Å². The van der Waals surface area contributed by atoms with Crippen LogP contribution in [0.1, 0.15) is 85.0 Å². The fraction of sp³-hybridized carbons (Fsp3) is 0.940. The highest BCUT2D eigenvalue weighted by atomic mass is 16.8. The molecule has 25 heteroatoms. The van der Waals surface area contributed by atoms with Crippen molar-refractivity contribution in [3.8, 4) is 0 Å². The van der Waals surface area contributed by atoms with Crippen LogP contribution in [0.4, 0.5) is 0 Å². The Labute approximate surface area is 433 Å². The summed E-state index contributed by atoms with van der Waals surface area (Å²) in [5.74, 6) is -2.02. The van der Waals surface area contributed by atoms with Crippen molar-refractivity contribution in [2.24, 2.45) is 34.0 Å². The van der Waals surface area contributed by atoms with Gasteiger partial charge in [0.1, 0.15) is 79.4 Å². The van der Waals surface area contributed by atoms with Gasteiger partial charge in [0.15, 0.2) is 31.3 Å². The van der Waals surface area contributed by atoms with E-state index in [1.165, 1.54) is 6.92 Å². The van der Waals surface area contributed by atoms with E-state index in [9.17, 15) is 76.3 Å². The first-order valence-electron chi connectivity index (χ1n) is 26.5. The van der Waals surface area contributed by atoms with Gasteiger partial charge in [0.2, 0.25) is 6.29 Å². The van der Waals surface area contributed by atoms with E-state index in [2.05, 4.69) is 13.5 Å². The SMILES string of the molecule is C=C1C[C@@]23CC[C@H]4[C@@](C)(CCC[C@@]4(C)C(=O)O[C@@H]4O[C@H](CO)[C@@H](O)[C@H](O)[C@H]4O[C@@H]4O[C@@H](C)[C@H](O)[C@@H](O)[C@H]4O)[C@@H]2CC[C@]1(O[C@@H]1O[C@H](CO)[C@@H](O)[C@H](O[C@@H]2O[C@H](CO)[C@@H](O)[C@H](O)[C@H]2O)[C@H]1CO[C@@H]1OC[C@@H](O)C[C@H]1O)C3. The van der Waals surface area contributed by atoms with Gasteiger partial charge in [-0.15, -0.1) is 0 Å². The van der Waals surface area contributed by atoms with Crippen molar-refractivity contribution >= 4 is 5.97 Å². The van der Waals surface area contributed by atoms with E-state index in [1.807, 2.05) is 6.92 Å². The van der Waals surface area contributed by atoms with Crippen molar-refractivity contribution < 1.29 is 124 Å². The molecule has 25 nitrogen and oxygen atoms in total. The first-order chi connectivity index (χ1) is 35.5. The Hall–Kier alpha value is -1.71. The average molecular weight is 1080 g/mol.